The van der Waals surface area contributed by atoms with Gasteiger partial charge in [0.2, 0.25) is 0 Å². The molecule has 2 radical (unpaired) electrons. The van der Waals surface area contributed by atoms with Gasteiger partial charge in [0.1, 0.15) is 23.8 Å². The standard InChI is InChI=1S/C35H45BN2O/c1-22(2)28-16-12-17-29(23(3)4)32(28)37-20-21-38(33-30(24(5)6)18-13-19-31(33)25(7)8)35(37)36-39-34-26(9)14-11-15-27(34)10/h11-25H,1-10H3. The molecule has 0 N–H and O–H groups in total. The zero-order valence-corrected chi connectivity index (χ0v) is 25.5. The van der Waals surface area contributed by atoms with Gasteiger partial charge in [-0.1, -0.05) is 110 Å². The molecule has 0 aliphatic rings. The smallest absolute Gasteiger partial charge is 0.135 e. The van der Waals surface area contributed by atoms with Crippen molar-refractivity contribution in [2.45, 2.75) is 92.9 Å². The molecule has 0 atom stereocenters. The second-order valence-corrected chi connectivity index (χ2v) is 12.0. The van der Waals surface area contributed by atoms with Crippen LogP contribution in [0.4, 0.5) is 0 Å². The average molecular weight is 521 g/mol. The number of nitrogens with zero attached hydrogens (tertiary/aromatic N) is 2. The number of hydrogen-bond donors (Lipinski definition) is 0. The minimum Gasteiger partial charge on any atom is -0.761 e. The molecule has 0 bridgehead atoms. The minimum atomic E-state index is 0.385. The van der Waals surface area contributed by atoms with Crippen LogP contribution in [-0.4, -0.2) is 12.0 Å². The molecule has 4 heteroatoms. The van der Waals surface area contributed by atoms with Crippen LogP contribution in [0.15, 0.2) is 67.0 Å². The fraction of sp³-hybridized carbons (Fsp3) is 0.400. The quantitative estimate of drug-likeness (QED) is 0.161. The highest BCUT2D eigenvalue weighted by Gasteiger charge is 2.26. The van der Waals surface area contributed by atoms with E-state index in [1.807, 2.05) is 7.48 Å². The van der Waals surface area contributed by atoms with Crippen molar-refractivity contribution >= 4 is 13.2 Å². The van der Waals surface area contributed by atoms with Gasteiger partial charge in [-0.05, 0) is 48.6 Å². The highest BCUT2D eigenvalue weighted by Crippen LogP contribution is 2.32. The molecular formula is C35H45BN2O. The SMILES string of the molecule is Cc1cccc(C)c1O[B-]c1n(-c2c(C(C)C)cccc2C(C)C)cc[n+]1-c1c(C(C)C)cccc1C(C)C. The Balaban J connectivity index is 2.03. The number of hydrogen-bond acceptors (Lipinski definition) is 1. The number of imidazole rings is 1. The van der Waals surface area contributed by atoms with Crippen molar-refractivity contribution in [2.24, 2.45) is 0 Å². The Morgan fingerprint density at radius 2 is 1.08 bits per heavy atom. The Bertz CT molecular complexity index is 1290. The summed E-state index contributed by atoms with van der Waals surface area (Å²) in [5.74, 6) is 2.46. The number of aryl methyl sites for hydroxylation is 2. The Morgan fingerprint density at radius 3 is 1.54 bits per heavy atom. The van der Waals surface area contributed by atoms with Gasteiger partial charge in [-0.25, -0.2) is 9.13 Å². The lowest BCUT2D eigenvalue weighted by molar-refractivity contribution is -0.577. The first-order chi connectivity index (χ1) is 18.5. The van der Waals surface area contributed by atoms with Crippen LogP contribution in [-0.2, 0) is 0 Å². The highest BCUT2D eigenvalue weighted by molar-refractivity contribution is 6.44. The molecule has 4 aromatic rings. The van der Waals surface area contributed by atoms with Crippen LogP contribution in [0.2, 0.25) is 0 Å². The summed E-state index contributed by atoms with van der Waals surface area (Å²) in [4.78, 5) is 0. The summed E-state index contributed by atoms with van der Waals surface area (Å²) in [5, 5.41) is 0. The summed E-state index contributed by atoms with van der Waals surface area (Å²) in [6, 6.07) is 19.8. The molecule has 39 heavy (non-hydrogen) atoms. The molecular weight excluding hydrogens is 475 g/mol. The predicted molar refractivity (Wildman–Crippen MR) is 166 cm³/mol. The van der Waals surface area contributed by atoms with Gasteiger partial charge in [-0.3, -0.25) is 0 Å². The predicted octanol–water partition coefficient (Wildman–Crippen LogP) is 8.19. The molecule has 0 aliphatic heterocycles. The summed E-state index contributed by atoms with van der Waals surface area (Å²) < 4.78 is 11.3. The van der Waals surface area contributed by atoms with Gasteiger partial charge in [-0.15, -0.1) is 0 Å². The average Bonchev–Trinajstić information content (AvgIpc) is 3.30. The van der Waals surface area contributed by atoms with Crippen LogP contribution >= 0.6 is 0 Å². The molecule has 0 aliphatic carbocycles. The zero-order valence-electron chi connectivity index (χ0n) is 25.5. The summed E-state index contributed by atoms with van der Waals surface area (Å²) in [5.41, 5.74) is 11.1. The molecule has 3 aromatic carbocycles. The van der Waals surface area contributed by atoms with E-state index in [-0.39, 0.29) is 0 Å². The Hall–Kier alpha value is -3.27. The Labute approximate surface area is 237 Å². The van der Waals surface area contributed by atoms with Gasteiger partial charge in [-0.2, -0.15) is 0 Å². The summed E-state index contributed by atoms with van der Waals surface area (Å²) in [6.45, 7) is 22.5. The lowest BCUT2D eigenvalue weighted by atomic mass is 9.90. The van der Waals surface area contributed by atoms with Crippen molar-refractivity contribution in [3.63, 3.8) is 0 Å². The van der Waals surface area contributed by atoms with Crippen LogP contribution in [0.5, 0.6) is 5.75 Å². The maximum absolute atomic E-state index is 6.57. The van der Waals surface area contributed by atoms with Crippen LogP contribution in [0.3, 0.4) is 0 Å². The molecule has 0 saturated heterocycles. The fourth-order valence-corrected chi connectivity index (χ4v) is 5.57. The molecule has 0 unspecified atom stereocenters. The molecule has 1 aromatic heterocycles. The van der Waals surface area contributed by atoms with Gasteiger partial charge in [0, 0.05) is 22.3 Å². The van der Waals surface area contributed by atoms with E-state index in [9.17, 15) is 0 Å². The molecule has 0 spiro atoms. The first-order valence-electron chi connectivity index (χ1n) is 14.5. The first-order valence-corrected chi connectivity index (χ1v) is 14.5. The summed E-state index contributed by atoms with van der Waals surface area (Å²) in [6.07, 6.45) is 4.43. The third-order valence-corrected chi connectivity index (χ3v) is 7.72. The second-order valence-electron chi connectivity index (χ2n) is 12.0. The van der Waals surface area contributed by atoms with Crippen molar-refractivity contribution in [1.29, 1.82) is 0 Å². The second kappa shape index (κ2) is 11.9. The van der Waals surface area contributed by atoms with E-state index in [1.54, 1.807) is 0 Å². The van der Waals surface area contributed by atoms with Crippen molar-refractivity contribution in [2.75, 3.05) is 0 Å². The summed E-state index contributed by atoms with van der Waals surface area (Å²) >= 11 is 0. The van der Waals surface area contributed by atoms with Crippen LogP contribution in [0.1, 0.15) is 112 Å². The van der Waals surface area contributed by atoms with Gasteiger partial charge in [0.05, 0.1) is 19.0 Å². The van der Waals surface area contributed by atoms with E-state index in [2.05, 4.69) is 145 Å². The van der Waals surface area contributed by atoms with Crippen LogP contribution < -0.4 is 14.9 Å². The first kappa shape index (κ1) is 28.7. The highest BCUT2D eigenvalue weighted by atomic mass is 16.4. The van der Waals surface area contributed by atoms with Crippen molar-refractivity contribution in [1.82, 2.24) is 4.57 Å². The minimum absolute atomic E-state index is 0.385. The molecule has 3 nitrogen and oxygen atoms in total. The van der Waals surface area contributed by atoms with E-state index in [1.165, 1.54) is 33.6 Å². The van der Waals surface area contributed by atoms with Crippen molar-refractivity contribution in [3.05, 3.63) is 100 Å². The lowest BCUT2D eigenvalue weighted by Crippen LogP contribution is -2.54. The van der Waals surface area contributed by atoms with E-state index in [4.69, 9.17) is 4.65 Å². The third kappa shape index (κ3) is 5.71. The van der Waals surface area contributed by atoms with E-state index >= 15 is 0 Å². The lowest BCUT2D eigenvalue weighted by Gasteiger charge is -2.26. The van der Waals surface area contributed by atoms with Gasteiger partial charge >= 0.3 is 0 Å². The van der Waals surface area contributed by atoms with Gasteiger partial charge < -0.3 is 4.65 Å². The Kier molecular flexibility index (Phi) is 8.74. The maximum Gasteiger partial charge on any atom is 0.135 e. The number of rotatable bonds is 9. The Morgan fingerprint density at radius 1 is 0.641 bits per heavy atom. The molecule has 4 rings (SSSR count). The maximum atomic E-state index is 6.57. The largest absolute Gasteiger partial charge is 0.761 e. The normalized spacial score (nSPS) is 11.8. The monoisotopic (exact) mass is 520 g/mol. The van der Waals surface area contributed by atoms with Gasteiger partial charge in [0.25, 0.3) is 0 Å². The van der Waals surface area contributed by atoms with E-state index in [0.717, 1.165) is 22.6 Å². The molecule has 1 heterocycles. The fourth-order valence-electron chi connectivity index (χ4n) is 5.57. The van der Waals surface area contributed by atoms with Crippen molar-refractivity contribution in [3.8, 4) is 17.1 Å². The summed E-state index contributed by atoms with van der Waals surface area (Å²) in [7, 11) is 1.96. The number of benzene rings is 3. The molecule has 0 saturated carbocycles. The van der Waals surface area contributed by atoms with E-state index in [0.29, 0.717) is 23.7 Å². The number of para-hydroxylation sites is 3. The van der Waals surface area contributed by atoms with Crippen LogP contribution in [0, 0.1) is 13.8 Å². The topological polar surface area (TPSA) is 18.0 Å². The van der Waals surface area contributed by atoms with Crippen LogP contribution in [0.25, 0.3) is 11.4 Å². The van der Waals surface area contributed by atoms with Crippen molar-refractivity contribution < 1.29 is 9.22 Å². The third-order valence-electron chi connectivity index (χ3n) is 7.72. The van der Waals surface area contributed by atoms with E-state index < -0.39 is 0 Å². The van der Waals surface area contributed by atoms with Gasteiger partial charge in [0.15, 0.2) is 0 Å². The molecule has 0 fully saturated rings. The zero-order chi connectivity index (χ0) is 28.4. The molecule has 204 valence electrons. The molecule has 0 amide bonds. The number of aromatic nitrogens is 2.